The van der Waals surface area contributed by atoms with Gasteiger partial charge < -0.3 is 15.4 Å². The number of carbonyl (C=O) groups excluding carboxylic acids is 2. The molecule has 2 aromatic rings. The molecule has 1 atom stereocenters. The number of hydrogen-bond acceptors (Lipinski definition) is 4. The van der Waals surface area contributed by atoms with Gasteiger partial charge >= 0.3 is 0 Å². The second-order valence-electron chi connectivity index (χ2n) is 6.48. The molecular formula is C22H29N3O3. The molecule has 0 fully saturated rings. The molecule has 0 aliphatic carbocycles. The van der Waals surface area contributed by atoms with E-state index in [4.69, 9.17) is 4.74 Å². The van der Waals surface area contributed by atoms with E-state index in [1.165, 1.54) is 0 Å². The van der Waals surface area contributed by atoms with Gasteiger partial charge in [-0.3, -0.25) is 14.5 Å². The first-order valence-corrected chi connectivity index (χ1v) is 9.61. The molecule has 2 rings (SSSR count). The van der Waals surface area contributed by atoms with Gasteiger partial charge in [-0.05, 0) is 50.2 Å². The fourth-order valence-electron chi connectivity index (χ4n) is 2.75. The Morgan fingerprint density at radius 1 is 1.04 bits per heavy atom. The second kappa shape index (κ2) is 11.1. The van der Waals surface area contributed by atoms with Crippen LogP contribution in [0.4, 0.5) is 5.69 Å². The molecule has 2 N–H and O–H groups in total. The first-order chi connectivity index (χ1) is 13.5. The maximum Gasteiger partial charge on any atom is 0.241 e. The lowest BCUT2D eigenvalue weighted by Gasteiger charge is -2.26. The Bertz CT molecular complexity index is 747. The topological polar surface area (TPSA) is 70.7 Å². The average molecular weight is 383 g/mol. The first-order valence-electron chi connectivity index (χ1n) is 9.61. The molecule has 2 amide bonds. The molecule has 150 valence electrons. The van der Waals surface area contributed by atoms with E-state index in [1.54, 1.807) is 6.92 Å². The van der Waals surface area contributed by atoms with Crippen molar-refractivity contribution in [2.45, 2.75) is 33.4 Å². The van der Waals surface area contributed by atoms with Crippen molar-refractivity contribution in [2.75, 3.05) is 25.0 Å². The highest BCUT2D eigenvalue weighted by atomic mass is 16.5. The number of nitrogens with zero attached hydrogens (tertiary/aromatic N) is 1. The standard InChI is InChI=1S/C22H29N3O3/c1-4-23-21(26)15-25(5-2)17(3)22(27)24-19-11-13-20(14-12-19)28-16-18-9-7-6-8-10-18/h6-14,17H,4-5,15-16H2,1-3H3,(H,23,26)(H,24,27)/t17-/m0/s1. The van der Waals surface area contributed by atoms with Crippen LogP contribution < -0.4 is 15.4 Å². The largest absolute Gasteiger partial charge is 0.489 e. The number of likely N-dealkylation sites (N-methyl/N-ethyl adjacent to an activating group) is 2. The predicted octanol–water partition coefficient (Wildman–Crippen LogP) is 3.05. The van der Waals surface area contributed by atoms with Crippen LogP contribution >= 0.6 is 0 Å². The third-order valence-electron chi connectivity index (χ3n) is 4.42. The summed E-state index contributed by atoms with van der Waals surface area (Å²) in [4.78, 5) is 26.2. The van der Waals surface area contributed by atoms with E-state index in [2.05, 4.69) is 10.6 Å². The van der Waals surface area contributed by atoms with Gasteiger partial charge in [0.2, 0.25) is 11.8 Å². The molecule has 0 spiro atoms. The first kappa shape index (κ1) is 21.4. The van der Waals surface area contributed by atoms with Crippen molar-refractivity contribution in [1.82, 2.24) is 10.2 Å². The Labute approximate surface area is 166 Å². The maximum absolute atomic E-state index is 12.5. The van der Waals surface area contributed by atoms with E-state index >= 15 is 0 Å². The molecule has 0 saturated heterocycles. The minimum Gasteiger partial charge on any atom is -0.489 e. The van der Waals surface area contributed by atoms with E-state index in [1.807, 2.05) is 73.3 Å². The van der Waals surface area contributed by atoms with Gasteiger partial charge in [-0.1, -0.05) is 37.3 Å². The summed E-state index contributed by atoms with van der Waals surface area (Å²) in [6.07, 6.45) is 0. The smallest absolute Gasteiger partial charge is 0.241 e. The molecule has 0 heterocycles. The van der Waals surface area contributed by atoms with Gasteiger partial charge in [0.25, 0.3) is 0 Å². The van der Waals surface area contributed by atoms with Gasteiger partial charge in [0.1, 0.15) is 12.4 Å². The zero-order valence-electron chi connectivity index (χ0n) is 16.8. The zero-order chi connectivity index (χ0) is 20.4. The van der Waals surface area contributed by atoms with Crippen LogP contribution in [0.25, 0.3) is 0 Å². The third kappa shape index (κ3) is 6.70. The Hall–Kier alpha value is -2.86. The molecule has 0 radical (unpaired) electrons. The SMILES string of the molecule is CCNC(=O)CN(CC)[C@@H](C)C(=O)Nc1ccc(OCc2ccccc2)cc1. The molecule has 6 heteroatoms. The molecule has 0 unspecified atom stereocenters. The monoisotopic (exact) mass is 383 g/mol. The van der Waals surface area contributed by atoms with Gasteiger partial charge in [0.05, 0.1) is 12.6 Å². The lowest BCUT2D eigenvalue weighted by atomic mass is 10.2. The summed E-state index contributed by atoms with van der Waals surface area (Å²) in [6, 6.07) is 16.8. The molecule has 0 bridgehead atoms. The highest BCUT2D eigenvalue weighted by molar-refractivity contribution is 5.95. The number of ether oxygens (including phenoxy) is 1. The van der Waals surface area contributed by atoms with E-state index in [0.29, 0.717) is 25.4 Å². The van der Waals surface area contributed by atoms with Crippen LogP contribution in [-0.2, 0) is 16.2 Å². The molecular weight excluding hydrogens is 354 g/mol. The van der Waals surface area contributed by atoms with Gasteiger partial charge in [-0.15, -0.1) is 0 Å². The van der Waals surface area contributed by atoms with Crippen molar-refractivity contribution < 1.29 is 14.3 Å². The second-order valence-corrected chi connectivity index (χ2v) is 6.48. The number of amides is 2. The highest BCUT2D eigenvalue weighted by Gasteiger charge is 2.22. The van der Waals surface area contributed by atoms with Crippen LogP contribution in [0, 0.1) is 0 Å². The highest BCUT2D eigenvalue weighted by Crippen LogP contribution is 2.17. The van der Waals surface area contributed by atoms with Gasteiger partial charge in [-0.2, -0.15) is 0 Å². The van der Waals surface area contributed by atoms with Crippen molar-refractivity contribution in [2.24, 2.45) is 0 Å². The Kier molecular flexibility index (Phi) is 8.49. The number of carbonyl (C=O) groups is 2. The van der Waals surface area contributed by atoms with Crippen LogP contribution in [0.15, 0.2) is 54.6 Å². The molecule has 6 nitrogen and oxygen atoms in total. The fraction of sp³-hybridized carbons (Fsp3) is 0.364. The van der Waals surface area contributed by atoms with Crippen molar-refractivity contribution in [3.8, 4) is 5.75 Å². The lowest BCUT2D eigenvalue weighted by molar-refractivity contribution is -0.125. The number of anilines is 1. The fourth-order valence-corrected chi connectivity index (χ4v) is 2.75. The van der Waals surface area contributed by atoms with Crippen LogP contribution in [0.2, 0.25) is 0 Å². The lowest BCUT2D eigenvalue weighted by Crippen LogP contribution is -2.46. The summed E-state index contributed by atoms with van der Waals surface area (Å²) in [7, 11) is 0. The summed E-state index contributed by atoms with van der Waals surface area (Å²) in [5.74, 6) is 0.509. The minimum absolute atomic E-state index is 0.0797. The van der Waals surface area contributed by atoms with Crippen LogP contribution in [0.5, 0.6) is 5.75 Å². The van der Waals surface area contributed by atoms with Crippen molar-refractivity contribution >= 4 is 17.5 Å². The van der Waals surface area contributed by atoms with Crippen molar-refractivity contribution in [3.63, 3.8) is 0 Å². The Morgan fingerprint density at radius 3 is 2.32 bits per heavy atom. The summed E-state index contributed by atoms with van der Waals surface area (Å²) < 4.78 is 5.76. The maximum atomic E-state index is 12.5. The van der Waals surface area contributed by atoms with Crippen LogP contribution in [0.1, 0.15) is 26.3 Å². The van der Waals surface area contributed by atoms with Crippen LogP contribution in [-0.4, -0.2) is 42.4 Å². The van der Waals surface area contributed by atoms with Gasteiger partial charge in [0, 0.05) is 12.2 Å². The summed E-state index contributed by atoms with van der Waals surface area (Å²) in [5, 5.41) is 5.65. The zero-order valence-corrected chi connectivity index (χ0v) is 16.8. The van der Waals surface area contributed by atoms with Crippen LogP contribution in [0.3, 0.4) is 0 Å². The normalized spacial score (nSPS) is 11.7. The molecule has 28 heavy (non-hydrogen) atoms. The van der Waals surface area contributed by atoms with E-state index in [9.17, 15) is 9.59 Å². The Balaban J connectivity index is 1.87. The molecule has 2 aromatic carbocycles. The number of rotatable bonds is 10. The molecule has 0 aliphatic rings. The van der Waals surface area contributed by atoms with E-state index < -0.39 is 6.04 Å². The molecule has 0 aromatic heterocycles. The number of benzene rings is 2. The third-order valence-corrected chi connectivity index (χ3v) is 4.42. The van der Waals surface area contributed by atoms with E-state index in [-0.39, 0.29) is 18.4 Å². The predicted molar refractivity (Wildman–Crippen MR) is 111 cm³/mol. The summed E-state index contributed by atoms with van der Waals surface area (Å²) in [5.41, 5.74) is 1.79. The average Bonchev–Trinajstić information content (AvgIpc) is 2.72. The quantitative estimate of drug-likeness (QED) is 0.662. The van der Waals surface area contributed by atoms with Crippen molar-refractivity contribution in [1.29, 1.82) is 0 Å². The van der Waals surface area contributed by atoms with Gasteiger partial charge in [-0.25, -0.2) is 0 Å². The van der Waals surface area contributed by atoms with Gasteiger partial charge in [0.15, 0.2) is 0 Å². The number of hydrogen-bond donors (Lipinski definition) is 2. The molecule has 0 aliphatic heterocycles. The van der Waals surface area contributed by atoms with Crippen molar-refractivity contribution in [3.05, 3.63) is 60.2 Å². The minimum atomic E-state index is -0.415. The number of nitrogens with one attached hydrogen (secondary N) is 2. The summed E-state index contributed by atoms with van der Waals surface area (Å²) in [6.45, 7) is 7.49. The molecule has 0 saturated carbocycles. The van der Waals surface area contributed by atoms with E-state index in [0.717, 1.165) is 11.3 Å². The Morgan fingerprint density at radius 2 is 1.71 bits per heavy atom. The summed E-state index contributed by atoms with van der Waals surface area (Å²) >= 11 is 0.